The Bertz CT molecular complexity index is 477. The van der Waals surface area contributed by atoms with E-state index in [0.29, 0.717) is 13.0 Å². The summed E-state index contributed by atoms with van der Waals surface area (Å²) in [5, 5.41) is 11.1. The highest BCUT2D eigenvalue weighted by Gasteiger charge is 2.11. The Kier molecular flexibility index (Phi) is 5.44. The molecule has 0 bridgehead atoms. The number of nitrogens with two attached hydrogens (primary N) is 1. The molecule has 0 aliphatic heterocycles. The third-order valence-electron chi connectivity index (χ3n) is 2.76. The lowest BCUT2D eigenvalue weighted by molar-refractivity contribution is -0.116. The zero-order valence-corrected chi connectivity index (χ0v) is 10.6. The molecule has 1 atom stereocenters. The van der Waals surface area contributed by atoms with Crippen LogP contribution in [0.4, 0.5) is 10.1 Å². The molecule has 0 heterocycles. The zero-order valence-electron chi connectivity index (χ0n) is 10.6. The third-order valence-corrected chi connectivity index (χ3v) is 2.76. The van der Waals surface area contributed by atoms with Crippen LogP contribution < -0.4 is 11.1 Å². The fourth-order valence-electron chi connectivity index (χ4n) is 1.46. The molecule has 1 aromatic rings. The van der Waals surface area contributed by atoms with Crippen molar-refractivity contribution in [3.8, 4) is 0 Å². The van der Waals surface area contributed by atoms with Crippen molar-refractivity contribution in [3.05, 3.63) is 29.6 Å². The first-order chi connectivity index (χ1) is 8.93. The smallest absolute Gasteiger partial charge is 0.335 e. The minimum Gasteiger partial charge on any atom is -0.478 e. The highest BCUT2D eigenvalue weighted by molar-refractivity contribution is 5.92. The van der Waals surface area contributed by atoms with Gasteiger partial charge >= 0.3 is 5.97 Å². The summed E-state index contributed by atoms with van der Waals surface area (Å²) in [5.74, 6) is -2.07. The molecular formula is C13H17FN2O3. The van der Waals surface area contributed by atoms with Crippen LogP contribution in [0.25, 0.3) is 0 Å². The highest BCUT2D eigenvalue weighted by atomic mass is 19.1. The minimum absolute atomic E-state index is 0.0181. The van der Waals surface area contributed by atoms with Gasteiger partial charge in [-0.25, -0.2) is 9.18 Å². The molecule has 0 radical (unpaired) electrons. The summed E-state index contributed by atoms with van der Waals surface area (Å²) in [6, 6.07) is 3.35. The van der Waals surface area contributed by atoms with Crippen molar-refractivity contribution in [2.45, 2.75) is 19.8 Å². The lowest BCUT2D eigenvalue weighted by Crippen LogP contribution is -2.17. The summed E-state index contributed by atoms with van der Waals surface area (Å²) < 4.78 is 13.5. The SMILES string of the molecule is CC(CN)CCC(=O)Nc1ccc(C(=O)O)cc1F. The zero-order chi connectivity index (χ0) is 14.4. The van der Waals surface area contributed by atoms with E-state index in [9.17, 15) is 14.0 Å². The van der Waals surface area contributed by atoms with Crippen LogP contribution in [0, 0.1) is 11.7 Å². The van der Waals surface area contributed by atoms with Gasteiger partial charge < -0.3 is 16.2 Å². The third kappa shape index (κ3) is 4.67. The van der Waals surface area contributed by atoms with E-state index < -0.39 is 11.8 Å². The molecule has 0 aliphatic carbocycles. The van der Waals surface area contributed by atoms with Gasteiger partial charge in [0.05, 0.1) is 11.3 Å². The Hall–Kier alpha value is -1.95. The van der Waals surface area contributed by atoms with Crippen molar-refractivity contribution in [1.29, 1.82) is 0 Å². The van der Waals surface area contributed by atoms with Gasteiger partial charge in [-0.05, 0) is 37.1 Å². The van der Waals surface area contributed by atoms with Crippen LogP contribution in [0.1, 0.15) is 30.1 Å². The number of carboxylic acid groups (broad SMARTS) is 1. The second kappa shape index (κ2) is 6.84. The molecule has 0 fully saturated rings. The molecule has 0 saturated heterocycles. The Labute approximate surface area is 110 Å². The lowest BCUT2D eigenvalue weighted by atomic mass is 10.1. The molecule has 19 heavy (non-hydrogen) atoms. The number of benzene rings is 1. The van der Waals surface area contributed by atoms with Crippen LogP contribution in [0.2, 0.25) is 0 Å². The van der Waals surface area contributed by atoms with Crippen LogP contribution in [0.15, 0.2) is 18.2 Å². The summed E-state index contributed by atoms with van der Waals surface area (Å²) in [7, 11) is 0. The maximum atomic E-state index is 13.5. The minimum atomic E-state index is -1.21. The van der Waals surface area contributed by atoms with E-state index in [2.05, 4.69) is 5.32 Å². The summed E-state index contributed by atoms with van der Waals surface area (Å²) in [6.45, 7) is 2.42. The quantitative estimate of drug-likeness (QED) is 0.734. The van der Waals surface area contributed by atoms with Gasteiger partial charge in [-0.2, -0.15) is 0 Å². The van der Waals surface area contributed by atoms with Crippen LogP contribution in [-0.4, -0.2) is 23.5 Å². The number of amides is 1. The van der Waals surface area contributed by atoms with Crippen LogP contribution in [0.5, 0.6) is 0 Å². The van der Waals surface area contributed by atoms with Crippen LogP contribution in [-0.2, 0) is 4.79 Å². The van der Waals surface area contributed by atoms with Crippen LogP contribution in [0.3, 0.4) is 0 Å². The number of carboxylic acids is 1. The number of hydrogen-bond acceptors (Lipinski definition) is 3. The molecule has 1 aromatic carbocycles. The van der Waals surface area contributed by atoms with Crippen molar-refractivity contribution < 1.29 is 19.1 Å². The average Bonchev–Trinajstić information content (AvgIpc) is 2.38. The number of nitrogens with one attached hydrogen (secondary N) is 1. The van der Waals surface area contributed by atoms with E-state index in [1.807, 2.05) is 6.92 Å². The van der Waals surface area contributed by atoms with E-state index in [1.54, 1.807) is 0 Å². The summed E-state index contributed by atoms with van der Waals surface area (Å²) >= 11 is 0. The first-order valence-electron chi connectivity index (χ1n) is 5.96. The molecule has 104 valence electrons. The normalized spacial score (nSPS) is 11.9. The van der Waals surface area contributed by atoms with Gasteiger partial charge in [-0.15, -0.1) is 0 Å². The molecule has 6 heteroatoms. The molecule has 4 N–H and O–H groups in total. The van der Waals surface area contributed by atoms with Crippen molar-refractivity contribution in [3.63, 3.8) is 0 Å². The van der Waals surface area contributed by atoms with E-state index >= 15 is 0 Å². The second-order valence-electron chi connectivity index (χ2n) is 4.43. The monoisotopic (exact) mass is 268 g/mol. The molecule has 0 aliphatic rings. The van der Waals surface area contributed by atoms with E-state index in [-0.39, 0.29) is 29.5 Å². The Balaban J connectivity index is 2.62. The van der Waals surface area contributed by atoms with Gasteiger partial charge in [-0.3, -0.25) is 4.79 Å². The van der Waals surface area contributed by atoms with Crippen molar-refractivity contribution in [1.82, 2.24) is 0 Å². The largest absolute Gasteiger partial charge is 0.478 e. The van der Waals surface area contributed by atoms with Crippen molar-refractivity contribution in [2.75, 3.05) is 11.9 Å². The first-order valence-corrected chi connectivity index (χ1v) is 5.96. The fourth-order valence-corrected chi connectivity index (χ4v) is 1.46. The van der Waals surface area contributed by atoms with E-state index in [4.69, 9.17) is 10.8 Å². The number of hydrogen-bond donors (Lipinski definition) is 3. The Morgan fingerprint density at radius 1 is 1.47 bits per heavy atom. The molecule has 1 unspecified atom stereocenters. The summed E-state index contributed by atoms with van der Waals surface area (Å²) in [6.07, 6.45) is 0.871. The van der Waals surface area contributed by atoms with Gasteiger partial charge in [0.1, 0.15) is 5.82 Å². The van der Waals surface area contributed by atoms with E-state index in [1.165, 1.54) is 12.1 Å². The number of aromatic carboxylic acids is 1. The number of anilines is 1. The number of carbonyl (C=O) groups is 2. The molecule has 1 rings (SSSR count). The maximum Gasteiger partial charge on any atom is 0.335 e. The highest BCUT2D eigenvalue weighted by Crippen LogP contribution is 2.16. The van der Waals surface area contributed by atoms with Crippen molar-refractivity contribution in [2.24, 2.45) is 11.7 Å². The van der Waals surface area contributed by atoms with Gasteiger partial charge in [0.2, 0.25) is 5.91 Å². The lowest BCUT2D eigenvalue weighted by Gasteiger charge is -2.09. The Morgan fingerprint density at radius 3 is 2.68 bits per heavy atom. The molecular weight excluding hydrogens is 251 g/mol. The van der Waals surface area contributed by atoms with Crippen LogP contribution >= 0.6 is 0 Å². The second-order valence-corrected chi connectivity index (χ2v) is 4.43. The number of rotatable bonds is 6. The van der Waals surface area contributed by atoms with E-state index in [0.717, 1.165) is 6.07 Å². The molecule has 0 aromatic heterocycles. The molecule has 1 amide bonds. The van der Waals surface area contributed by atoms with Gasteiger partial charge in [-0.1, -0.05) is 6.92 Å². The summed E-state index contributed by atoms with van der Waals surface area (Å²) in [5.41, 5.74) is 5.25. The van der Waals surface area contributed by atoms with Gasteiger partial charge in [0.25, 0.3) is 0 Å². The molecule has 5 nitrogen and oxygen atoms in total. The maximum absolute atomic E-state index is 13.5. The topological polar surface area (TPSA) is 92.4 Å². The first kappa shape index (κ1) is 15.1. The van der Waals surface area contributed by atoms with Gasteiger partial charge in [0.15, 0.2) is 0 Å². The van der Waals surface area contributed by atoms with Crippen molar-refractivity contribution >= 4 is 17.6 Å². The number of halogens is 1. The predicted octanol–water partition coefficient (Wildman–Crippen LogP) is 1.84. The summed E-state index contributed by atoms with van der Waals surface area (Å²) in [4.78, 5) is 22.2. The van der Waals surface area contributed by atoms with Gasteiger partial charge in [0, 0.05) is 6.42 Å². The predicted molar refractivity (Wildman–Crippen MR) is 69.4 cm³/mol. The molecule has 0 spiro atoms. The standard InChI is InChI=1S/C13H17FN2O3/c1-8(7-15)2-5-12(17)16-11-4-3-9(13(18)19)6-10(11)14/h3-4,6,8H,2,5,7,15H2,1H3,(H,16,17)(H,18,19). The average molecular weight is 268 g/mol. The Morgan fingerprint density at radius 2 is 2.16 bits per heavy atom. The number of carbonyl (C=O) groups excluding carboxylic acids is 1. The fraction of sp³-hybridized carbons (Fsp3) is 0.385. The molecule has 0 saturated carbocycles.